The van der Waals surface area contributed by atoms with Crippen LogP contribution in [0.5, 0.6) is 0 Å². The van der Waals surface area contributed by atoms with Crippen molar-refractivity contribution >= 4 is 16.9 Å². The molecule has 2 aromatic rings. The van der Waals surface area contributed by atoms with Gasteiger partial charge in [0.1, 0.15) is 0 Å². The van der Waals surface area contributed by atoms with Crippen LogP contribution in [0.25, 0.3) is 11.0 Å². The molecule has 28 heavy (non-hydrogen) atoms. The molecule has 0 aliphatic heterocycles. The van der Waals surface area contributed by atoms with E-state index in [-0.39, 0.29) is 22.5 Å². The van der Waals surface area contributed by atoms with Gasteiger partial charge in [0.2, 0.25) is 0 Å². The van der Waals surface area contributed by atoms with Crippen molar-refractivity contribution in [2.75, 3.05) is 19.8 Å². The Kier molecular flexibility index (Phi) is 6.61. The highest BCUT2D eigenvalue weighted by Gasteiger charge is 2.28. The number of unbranched alkanes of at least 4 members (excludes halogenated alkanes) is 1. The first-order chi connectivity index (χ1) is 13.6. The quantitative estimate of drug-likeness (QED) is 0.605. The lowest BCUT2D eigenvalue weighted by Gasteiger charge is -2.12. The third kappa shape index (κ3) is 4.49. The van der Waals surface area contributed by atoms with Gasteiger partial charge in [-0.1, -0.05) is 13.3 Å². The van der Waals surface area contributed by atoms with Gasteiger partial charge in [-0.05, 0) is 38.7 Å². The molecule has 0 aromatic carbocycles. The van der Waals surface area contributed by atoms with E-state index >= 15 is 0 Å². The summed E-state index contributed by atoms with van der Waals surface area (Å²) in [7, 11) is 0. The van der Waals surface area contributed by atoms with Crippen LogP contribution in [0.15, 0.2) is 15.7 Å². The molecule has 0 radical (unpaired) electrons. The second-order valence-electron chi connectivity index (χ2n) is 7.15. The molecule has 2 aromatic heterocycles. The van der Waals surface area contributed by atoms with E-state index in [1.807, 2.05) is 6.92 Å². The van der Waals surface area contributed by atoms with Gasteiger partial charge in [-0.15, -0.1) is 0 Å². The molecule has 2 N–H and O–H groups in total. The van der Waals surface area contributed by atoms with E-state index in [0.29, 0.717) is 32.0 Å². The standard InChI is InChI=1S/C20H28N4O4/c1-3-5-10-28-11-6-9-21-18(25)14-12-15(13-7-8-13)22-17-16(14)19(26)23-20(27)24(17)4-2/h12-13H,3-11H2,1-2H3,(H,21,25)(H,23,26,27). The van der Waals surface area contributed by atoms with Crippen LogP contribution in [0, 0.1) is 0 Å². The summed E-state index contributed by atoms with van der Waals surface area (Å²) in [6, 6.07) is 1.70. The van der Waals surface area contributed by atoms with Crippen molar-refractivity contribution in [2.45, 2.75) is 58.4 Å². The predicted octanol–water partition coefficient (Wildman–Crippen LogP) is 1.92. The zero-order valence-electron chi connectivity index (χ0n) is 16.5. The zero-order chi connectivity index (χ0) is 20.1. The lowest BCUT2D eigenvalue weighted by atomic mass is 10.1. The summed E-state index contributed by atoms with van der Waals surface area (Å²) in [5, 5.41) is 3.03. The largest absolute Gasteiger partial charge is 0.381 e. The minimum absolute atomic E-state index is 0.169. The van der Waals surface area contributed by atoms with Gasteiger partial charge in [-0.2, -0.15) is 0 Å². The monoisotopic (exact) mass is 388 g/mol. The number of aryl methyl sites for hydroxylation is 1. The molecule has 1 amide bonds. The second-order valence-corrected chi connectivity index (χ2v) is 7.15. The summed E-state index contributed by atoms with van der Waals surface area (Å²) in [5.41, 5.74) is 0.257. The van der Waals surface area contributed by atoms with Crippen LogP contribution >= 0.6 is 0 Å². The van der Waals surface area contributed by atoms with Gasteiger partial charge >= 0.3 is 5.69 Å². The molecule has 8 nitrogen and oxygen atoms in total. The number of nitrogens with one attached hydrogen (secondary N) is 2. The van der Waals surface area contributed by atoms with Gasteiger partial charge in [-0.3, -0.25) is 19.1 Å². The Morgan fingerprint density at radius 3 is 2.71 bits per heavy atom. The summed E-state index contributed by atoms with van der Waals surface area (Å²) in [6.45, 7) is 6.05. The summed E-state index contributed by atoms with van der Waals surface area (Å²) in [4.78, 5) is 44.3. The first kappa shape index (κ1) is 20.3. The number of ether oxygens (including phenoxy) is 1. The first-order valence-electron chi connectivity index (χ1n) is 10.1. The number of hydrogen-bond acceptors (Lipinski definition) is 5. The third-order valence-corrected chi connectivity index (χ3v) is 4.92. The van der Waals surface area contributed by atoms with E-state index in [0.717, 1.165) is 38.0 Å². The van der Waals surface area contributed by atoms with Crippen molar-refractivity contribution in [1.82, 2.24) is 19.9 Å². The number of rotatable bonds is 10. The Hall–Kier alpha value is -2.48. The number of aromatic amines is 1. The molecule has 152 valence electrons. The number of fused-ring (bicyclic) bond motifs is 1. The van der Waals surface area contributed by atoms with E-state index in [2.05, 4.69) is 22.2 Å². The minimum Gasteiger partial charge on any atom is -0.381 e. The van der Waals surface area contributed by atoms with Crippen molar-refractivity contribution in [3.63, 3.8) is 0 Å². The number of nitrogens with zero attached hydrogens (tertiary/aromatic N) is 2. The van der Waals surface area contributed by atoms with E-state index in [1.54, 1.807) is 6.07 Å². The van der Waals surface area contributed by atoms with Gasteiger partial charge in [0.15, 0.2) is 5.65 Å². The molecule has 1 aliphatic rings. The van der Waals surface area contributed by atoms with Crippen LogP contribution in [0.2, 0.25) is 0 Å². The van der Waals surface area contributed by atoms with Crippen molar-refractivity contribution in [3.05, 3.63) is 38.2 Å². The molecule has 0 saturated heterocycles. The topological polar surface area (TPSA) is 106 Å². The number of carbonyl (C=O) groups is 1. The van der Waals surface area contributed by atoms with E-state index in [1.165, 1.54) is 4.57 Å². The maximum Gasteiger partial charge on any atom is 0.329 e. The maximum atomic E-state index is 12.8. The molecule has 0 spiro atoms. The van der Waals surface area contributed by atoms with Crippen molar-refractivity contribution in [2.24, 2.45) is 0 Å². The fraction of sp³-hybridized carbons (Fsp3) is 0.600. The van der Waals surface area contributed by atoms with E-state index in [9.17, 15) is 14.4 Å². The van der Waals surface area contributed by atoms with Crippen LogP contribution in [0.3, 0.4) is 0 Å². The predicted molar refractivity (Wildman–Crippen MR) is 107 cm³/mol. The highest BCUT2D eigenvalue weighted by atomic mass is 16.5. The van der Waals surface area contributed by atoms with Gasteiger partial charge < -0.3 is 10.1 Å². The third-order valence-electron chi connectivity index (χ3n) is 4.92. The van der Waals surface area contributed by atoms with Crippen molar-refractivity contribution in [3.8, 4) is 0 Å². The van der Waals surface area contributed by atoms with E-state index in [4.69, 9.17) is 4.74 Å². The second kappa shape index (κ2) is 9.14. The SMILES string of the molecule is CCCCOCCCNC(=O)c1cc(C2CC2)nc2c1c(=O)[nH]c(=O)n2CC. The Bertz CT molecular complexity index is 959. The van der Waals surface area contributed by atoms with Crippen LogP contribution in [-0.4, -0.2) is 40.2 Å². The number of pyridine rings is 1. The fourth-order valence-corrected chi connectivity index (χ4v) is 3.17. The number of H-pyrrole nitrogens is 1. The molecule has 1 saturated carbocycles. The normalized spacial score (nSPS) is 13.8. The Labute approximate surface area is 163 Å². The Morgan fingerprint density at radius 2 is 2.04 bits per heavy atom. The summed E-state index contributed by atoms with van der Waals surface area (Å²) in [5.74, 6) is -0.0303. The fourth-order valence-electron chi connectivity index (χ4n) is 3.17. The highest BCUT2D eigenvalue weighted by Crippen LogP contribution is 2.39. The van der Waals surface area contributed by atoms with Crippen LogP contribution in [0.1, 0.15) is 67.9 Å². The average molecular weight is 388 g/mol. The number of carbonyl (C=O) groups excluding carboxylic acids is 1. The van der Waals surface area contributed by atoms with Gasteiger partial charge in [0.25, 0.3) is 11.5 Å². The molecule has 1 fully saturated rings. The molecule has 2 heterocycles. The molecule has 1 aliphatic carbocycles. The Morgan fingerprint density at radius 1 is 1.29 bits per heavy atom. The molecule has 0 atom stereocenters. The minimum atomic E-state index is -0.576. The maximum absolute atomic E-state index is 12.8. The number of aromatic nitrogens is 3. The molecule has 8 heteroatoms. The lowest BCUT2D eigenvalue weighted by molar-refractivity contribution is 0.0941. The average Bonchev–Trinajstić information content (AvgIpc) is 3.51. The van der Waals surface area contributed by atoms with Crippen molar-refractivity contribution < 1.29 is 9.53 Å². The Balaban J connectivity index is 1.84. The smallest absolute Gasteiger partial charge is 0.329 e. The first-order valence-corrected chi connectivity index (χ1v) is 10.1. The molecular formula is C20H28N4O4. The number of amides is 1. The van der Waals surface area contributed by atoms with Gasteiger partial charge in [0, 0.05) is 37.9 Å². The summed E-state index contributed by atoms with van der Waals surface area (Å²) in [6.07, 6.45) is 4.83. The van der Waals surface area contributed by atoms with E-state index < -0.39 is 11.2 Å². The van der Waals surface area contributed by atoms with Gasteiger partial charge in [-0.25, -0.2) is 9.78 Å². The molecule has 0 bridgehead atoms. The number of hydrogen-bond donors (Lipinski definition) is 2. The highest BCUT2D eigenvalue weighted by molar-refractivity contribution is 6.05. The lowest BCUT2D eigenvalue weighted by Crippen LogP contribution is -2.33. The molecular weight excluding hydrogens is 360 g/mol. The molecule has 0 unspecified atom stereocenters. The summed E-state index contributed by atoms with van der Waals surface area (Å²) >= 11 is 0. The molecule has 3 rings (SSSR count). The van der Waals surface area contributed by atoms with Crippen molar-refractivity contribution in [1.29, 1.82) is 0 Å². The van der Waals surface area contributed by atoms with Crippen LogP contribution in [-0.2, 0) is 11.3 Å². The van der Waals surface area contributed by atoms with Crippen LogP contribution in [0.4, 0.5) is 0 Å². The van der Waals surface area contributed by atoms with Gasteiger partial charge in [0.05, 0.1) is 10.9 Å². The summed E-state index contributed by atoms with van der Waals surface area (Å²) < 4.78 is 6.90. The van der Waals surface area contributed by atoms with Crippen LogP contribution < -0.4 is 16.6 Å². The zero-order valence-corrected chi connectivity index (χ0v) is 16.5.